The van der Waals surface area contributed by atoms with Gasteiger partial charge in [0.15, 0.2) is 5.82 Å². The maximum atomic E-state index is 14.0. The minimum absolute atomic E-state index is 0.131. The number of hydrogen-bond donors (Lipinski definition) is 0. The molecule has 9 heteroatoms. The monoisotopic (exact) mass is 415 g/mol. The van der Waals surface area contributed by atoms with Crippen molar-refractivity contribution in [2.75, 3.05) is 0 Å². The normalized spacial score (nSPS) is 11.9. The summed E-state index contributed by atoms with van der Waals surface area (Å²) in [4.78, 5) is 28.6. The minimum Gasteiger partial charge on any atom is -0.426 e. The van der Waals surface area contributed by atoms with Crippen LogP contribution in [0.4, 0.5) is 4.39 Å². The van der Waals surface area contributed by atoms with Crippen LogP contribution in [-0.4, -0.2) is 20.6 Å². The quantitative estimate of drug-likeness (QED) is 0.380. The predicted molar refractivity (Wildman–Crippen MR) is 104 cm³/mol. The van der Waals surface area contributed by atoms with Gasteiger partial charge in [-0.1, -0.05) is 41.1 Å². The third-order valence-electron chi connectivity index (χ3n) is 3.84. The SMILES string of the molecule is CC(=O)Oc1ccccc1-c1nc2sc(=Cc3c(F)cccc3Cl)c(=O)n2n1. The van der Waals surface area contributed by atoms with Crippen LogP contribution in [0.15, 0.2) is 47.3 Å². The molecule has 0 aliphatic heterocycles. The molecule has 0 aliphatic rings. The largest absolute Gasteiger partial charge is 0.426 e. The number of fused-ring (bicyclic) bond motifs is 1. The van der Waals surface area contributed by atoms with Gasteiger partial charge in [-0.05, 0) is 30.3 Å². The number of hydrogen-bond acceptors (Lipinski definition) is 6. The van der Waals surface area contributed by atoms with Crippen LogP contribution in [0, 0.1) is 5.82 Å². The zero-order valence-corrected chi connectivity index (χ0v) is 15.9. The molecule has 0 radical (unpaired) electrons. The van der Waals surface area contributed by atoms with Gasteiger partial charge in [0.2, 0.25) is 4.96 Å². The number of carbonyl (C=O) groups excluding carboxylic acids is 1. The molecule has 0 N–H and O–H groups in total. The third kappa shape index (κ3) is 3.28. The van der Waals surface area contributed by atoms with Crippen LogP contribution in [0.3, 0.4) is 0 Å². The summed E-state index contributed by atoms with van der Waals surface area (Å²) in [7, 11) is 0. The van der Waals surface area contributed by atoms with Crippen molar-refractivity contribution in [3.63, 3.8) is 0 Å². The van der Waals surface area contributed by atoms with E-state index in [1.54, 1.807) is 30.3 Å². The molecular formula is C19H11ClFN3O3S. The standard InChI is InChI=1S/C19H11ClFN3O3S/c1-10(25)27-15-8-3-2-5-11(15)17-22-19-24(23-17)18(26)16(28-19)9-12-13(20)6-4-7-14(12)21/h2-9H,1H3. The smallest absolute Gasteiger partial charge is 0.308 e. The maximum Gasteiger partial charge on any atom is 0.308 e. The van der Waals surface area contributed by atoms with E-state index >= 15 is 0 Å². The topological polar surface area (TPSA) is 73.6 Å². The van der Waals surface area contributed by atoms with Crippen LogP contribution in [0.1, 0.15) is 12.5 Å². The Hall–Kier alpha value is -3.10. The lowest BCUT2D eigenvalue weighted by Gasteiger charge is -2.04. The second kappa shape index (κ2) is 7.14. The van der Waals surface area contributed by atoms with Crippen LogP contribution in [-0.2, 0) is 4.79 Å². The van der Waals surface area contributed by atoms with Gasteiger partial charge < -0.3 is 4.74 Å². The highest BCUT2D eigenvalue weighted by molar-refractivity contribution is 7.15. The Bertz CT molecular complexity index is 1310. The molecule has 0 aliphatic carbocycles. The molecule has 2 aromatic carbocycles. The van der Waals surface area contributed by atoms with E-state index in [9.17, 15) is 14.0 Å². The van der Waals surface area contributed by atoms with E-state index < -0.39 is 17.3 Å². The van der Waals surface area contributed by atoms with E-state index in [4.69, 9.17) is 16.3 Å². The molecule has 0 unspecified atom stereocenters. The average Bonchev–Trinajstić information content (AvgIpc) is 3.18. The molecule has 0 spiro atoms. The van der Waals surface area contributed by atoms with Crippen LogP contribution in [0.25, 0.3) is 22.4 Å². The number of halogens is 2. The van der Waals surface area contributed by atoms with Crippen molar-refractivity contribution in [2.45, 2.75) is 6.92 Å². The maximum absolute atomic E-state index is 14.0. The van der Waals surface area contributed by atoms with Gasteiger partial charge in [-0.25, -0.2) is 4.39 Å². The van der Waals surface area contributed by atoms with Crippen LogP contribution in [0.5, 0.6) is 5.75 Å². The van der Waals surface area contributed by atoms with Crippen LogP contribution >= 0.6 is 22.9 Å². The molecule has 6 nitrogen and oxygen atoms in total. The van der Waals surface area contributed by atoms with Gasteiger partial charge in [0.1, 0.15) is 11.6 Å². The highest BCUT2D eigenvalue weighted by atomic mass is 35.5. The number of aromatic nitrogens is 3. The second-order valence-corrected chi connectivity index (χ2v) is 7.19. The lowest BCUT2D eigenvalue weighted by Crippen LogP contribution is -2.23. The number of benzene rings is 2. The van der Waals surface area contributed by atoms with Gasteiger partial charge in [-0.3, -0.25) is 9.59 Å². The highest BCUT2D eigenvalue weighted by Crippen LogP contribution is 2.28. The van der Waals surface area contributed by atoms with Gasteiger partial charge in [0, 0.05) is 12.5 Å². The summed E-state index contributed by atoms with van der Waals surface area (Å²) in [5.74, 6) is -0.458. The van der Waals surface area contributed by atoms with Crippen molar-refractivity contribution >= 4 is 39.9 Å². The fourth-order valence-electron chi connectivity index (χ4n) is 2.62. The fourth-order valence-corrected chi connectivity index (χ4v) is 3.73. The Balaban J connectivity index is 1.83. The van der Waals surface area contributed by atoms with E-state index in [1.807, 2.05) is 0 Å². The van der Waals surface area contributed by atoms with Crippen LogP contribution in [0.2, 0.25) is 5.02 Å². The molecule has 2 heterocycles. The second-order valence-electron chi connectivity index (χ2n) is 5.77. The molecule has 0 atom stereocenters. The molecule has 4 aromatic rings. The fraction of sp³-hybridized carbons (Fsp3) is 0.0526. The molecule has 4 rings (SSSR count). The van der Waals surface area contributed by atoms with E-state index in [-0.39, 0.29) is 20.9 Å². The minimum atomic E-state index is -0.526. The van der Waals surface area contributed by atoms with Gasteiger partial charge in [-0.15, -0.1) is 5.10 Å². The van der Waals surface area contributed by atoms with Crippen molar-refractivity contribution in [2.24, 2.45) is 0 Å². The predicted octanol–water partition coefficient (Wildman–Crippen LogP) is 3.08. The summed E-state index contributed by atoms with van der Waals surface area (Å²) in [6.45, 7) is 1.29. The van der Waals surface area contributed by atoms with Gasteiger partial charge in [0.05, 0.1) is 15.1 Å². The van der Waals surface area contributed by atoms with E-state index in [1.165, 1.54) is 25.1 Å². The molecule has 2 aromatic heterocycles. The number of nitrogens with zero attached hydrogens (tertiary/aromatic N) is 3. The first kappa shape index (κ1) is 18.3. The van der Waals surface area contributed by atoms with Crippen molar-refractivity contribution in [3.05, 3.63) is 73.8 Å². The first-order chi connectivity index (χ1) is 13.4. The molecule has 0 amide bonds. The number of ether oxygens (including phenoxy) is 1. The Morgan fingerprint density at radius 2 is 2.04 bits per heavy atom. The number of rotatable bonds is 3. The lowest BCUT2D eigenvalue weighted by molar-refractivity contribution is -0.131. The third-order valence-corrected chi connectivity index (χ3v) is 5.13. The summed E-state index contributed by atoms with van der Waals surface area (Å²) < 4.78 is 20.5. The number of thiazole rings is 1. The molecular weight excluding hydrogens is 405 g/mol. The summed E-state index contributed by atoms with van der Waals surface area (Å²) in [6.07, 6.45) is 1.38. The molecule has 0 bridgehead atoms. The van der Waals surface area contributed by atoms with Gasteiger partial charge in [0.25, 0.3) is 5.56 Å². The van der Waals surface area contributed by atoms with Crippen molar-refractivity contribution < 1.29 is 13.9 Å². The lowest BCUT2D eigenvalue weighted by atomic mass is 10.2. The Kier molecular flexibility index (Phi) is 4.66. The average molecular weight is 416 g/mol. The number of para-hydroxylation sites is 1. The summed E-state index contributed by atoms with van der Waals surface area (Å²) in [5.41, 5.74) is 0.171. The van der Waals surface area contributed by atoms with Crippen molar-refractivity contribution in [1.29, 1.82) is 0 Å². The molecule has 0 fully saturated rings. The number of esters is 1. The number of carbonyl (C=O) groups is 1. The summed E-state index contributed by atoms with van der Waals surface area (Å²) >= 11 is 7.08. The zero-order chi connectivity index (χ0) is 19.8. The molecule has 140 valence electrons. The van der Waals surface area contributed by atoms with E-state index in [0.29, 0.717) is 16.3 Å². The van der Waals surface area contributed by atoms with Crippen LogP contribution < -0.4 is 14.8 Å². The van der Waals surface area contributed by atoms with Gasteiger partial charge >= 0.3 is 5.97 Å². The first-order valence-electron chi connectivity index (χ1n) is 8.07. The highest BCUT2D eigenvalue weighted by Gasteiger charge is 2.16. The molecule has 0 saturated carbocycles. The van der Waals surface area contributed by atoms with E-state index in [2.05, 4.69) is 10.1 Å². The summed E-state index contributed by atoms with van der Waals surface area (Å²) in [6, 6.07) is 11.1. The first-order valence-corrected chi connectivity index (χ1v) is 9.26. The Morgan fingerprint density at radius 3 is 2.75 bits per heavy atom. The zero-order valence-electron chi connectivity index (χ0n) is 14.3. The molecule has 28 heavy (non-hydrogen) atoms. The Labute approximate surface area is 166 Å². The molecule has 0 saturated heterocycles. The van der Waals surface area contributed by atoms with E-state index in [0.717, 1.165) is 15.9 Å². The van der Waals surface area contributed by atoms with Gasteiger partial charge in [-0.2, -0.15) is 9.50 Å². The summed E-state index contributed by atoms with van der Waals surface area (Å²) in [5, 5.41) is 4.43. The van der Waals surface area contributed by atoms with Crippen molar-refractivity contribution in [3.8, 4) is 17.1 Å². The van der Waals surface area contributed by atoms with Crippen molar-refractivity contribution in [1.82, 2.24) is 14.6 Å². The Morgan fingerprint density at radius 1 is 1.25 bits per heavy atom.